The zero-order chi connectivity index (χ0) is 17.1. The minimum atomic E-state index is -0.508. The van der Waals surface area contributed by atoms with Crippen LogP contribution in [-0.2, 0) is 18.4 Å². The van der Waals surface area contributed by atoms with Crippen molar-refractivity contribution in [3.8, 4) is 11.6 Å². The lowest BCUT2D eigenvalue weighted by Gasteiger charge is -2.05. The Kier molecular flexibility index (Phi) is 4.28. The molecule has 24 heavy (non-hydrogen) atoms. The Morgan fingerprint density at radius 2 is 1.96 bits per heavy atom. The van der Waals surface area contributed by atoms with Crippen molar-refractivity contribution >= 4 is 5.97 Å². The molecule has 0 aliphatic carbocycles. The van der Waals surface area contributed by atoms with Gasteiger partial charge in [-0.1, -0.05) is 18.2 Å². The average Bonchev–Trinajstić information content (AvgIpc) is 3.17. The van der Waals surface area contributed by atoms with Gasteiger partial charge in [-0.15, -0.1) is 5.10 Å². The van der Waals surface area contributed by atoms with Gasteiger partial charge in [-0.2, -0.15) is 15.0 Å². The van der Waals surface area contributed by atoms with E-state index >= 15 is 0 Å². The number of esters is 1. The number of nitrogens with zero attached hydrogens (tertiary/aromatic N) is 5. The van der Waals surface area contributed by atoms with Gasteiger partial charge in [0, 0.05) is 7.05 Å². The maximum Gasteiger partial charge on any atom is 0.345 e. The first-order valence-corrected chi connectivity index (χ1v) is 7.31. The summed E-state index contributed by atoms with van der Waals surface area (Å²) in [5.74, 6) is -0.142. The van der Waals surface area contributed by atoms with Crippen molar-refractivity contribution in [2.24, 2.45) is 7.05 Å². The van der Waals surface area contributed by atoms with Crippen molar-refractivity contribution in [3.63, 3.8) is 0 Å². The van der Waals surface area contributed by atoms with E-state index in [-0.39, 0.29) is 6.61 Å². The number of hydrogen-bond acceptors (Lipinski definition) is 6. The lowest BCUT2D eigenvalue weighted by atomic mass is 10.2. The van der Waals surface area contributed by atoms with Gasteiger partial charge in [0.05, 0.1) is 24.7 Å². The van der Waals surface area contributed by atoms with Crippen LogP contribution in [0.3, 0.4) is 0 Å². The highest BCUT2D eigenvalue weighted by Crippen LogP contribution is 2.22. The third-order valence-electron chi connectivity index (χ3n) is 3.44. The summed E-state index contributed by atoms with van der Waals surface area (Å²) in [5.41, 5.74) is 2.25. The van der Waals surface area contributed by atoms with E-state index in [2.05, 4.69) is 15.3 Å². The second-order valence-corrected chi connectivity index (χ2v) is 5.13. The molecule has 0 unspecified atom stereocenters. The van der Waals surface area contributed by atoms with Gasteiger partial charge in [0.15, 0.2) is 0 Å². The van der Waals surface area contributed by atoms with Crippen LogP contribution >= 0.6 is 0 Å². The molecule has 124 valence electrons. The Morgan fingerprint density at radius 3 is 2.67 bits per heavy atom. The van der Waals surface area contributed by atoms with E-state index in [1.165, 1.54) is 16.6 Å². The minimum absolute atomic E-state index is 0.0170. The molecular formula is C16H17N5O3. The highest BCUT2D eigenvalue weighted by atomic mass is 16.5. The predicted molar refractivity (Wildman–Crippen MR) is 85.0 cm³/mol. The summed E-state index contributed by atoms with van der Waals surface area (Å²) >= 11 is 0. The zero-order valence-corrected chi connectivity index (χ0v) is 13.6. The van der Waals surface area contributed by atoms with E-state index in [1.54, 1.807) is 20.2 Å². The Balaban J connectivity index is 1.71. The number of ether oxygens (including phenoxy) is 2. The maximum atomic E-state index is 12.3. The highest BCUT2D eigenvalue weighted by molar-refractivity contribution is 5.93. The first kappa shape index (κ1) is 15.7. The second kappa shape index (κ2) is 6.53. The summed E-state index contributed by atoms with van der Waals surface area (Å²) in [6, 6.07) is 9.49. The number of carbonyl (C=O) groups excluding carboxylic acids is 1. The normalized spacial score (nSPS) is 10.6. The Bertz CT molecular complexity index is 854. The molecule has 8 heteroatoms. The van der Waals surface area contributed by atoms with Gasteiger partial charge in [-0.25, -0.2) is 9.48 Å². The van der Waals surface area contributed by atoms with Crippen molar-refractivity contribution in [2.45, 2.75) is 13.5 Å². The molecular weight excluding hydrogens is 310 g/mol. The first-order valence-electron chi connectivity index (χ1n) is 7.31. The molecule has 0 radical (unpaired) electrons. The van der Waals surface area contributed by atoms with Crippen LogP contribution in [-0.4, -0.2) is 37.9 Å². The van der Waals surface area contributed by atoms with Crippen LogP contribution in [0.2, 0.25) is 0 Å². The zero-order valence-electron chi connectivity index (χ0n) is 13.6. The average molecular weight is 327 g/mol. The van der Waals surface area contributed by atoms with Gasteiger partial charge in [0.2, 0.25) is 5.88 Å². The Morgan fingerprint density at radius 1 is 1.21 bits per heavy atom. The molecule has 0 amide bonds. The molecule has 3 aromatic rings. The summed E-state index contributed by atoms with van der Waals surface area (Å²) in [5, 5.41) is 12.6. The fraction of sp³-hybridized carbons (Fsp3) is 0.250. The number of benzene rings is 1. The predicted octanol–water partition coefficient (Wildman–Crippen LogP) is 1.67. The van der Waals surface area contributed by atoms with E-state index in [4.69, 9.17) is 9.47 Å². The largest absolute Gasteiger partial charge is 0.481 e. The van der Waals surface area contributed by atoms with Crippen LogP contribution in [0.25, 0.3) is 5.69 Å². The molecule has 2 aromatic heterocycles. The van der Waals surface area contributed by atoms with Crippen molar-refractivity contribution < 1.29 is 14.3 Å². The van der Waals surface area contributed by atoms with Crippen molar-refractivity contribution in [1.29, 1.82) is 0 Å². The summed E-state index contributed by atoms with van der Waals surface area (Å²) in [7, 11) is 3.19. The molecule has 0 N–H and O–H groups in total. The molecule has 8 nitrogen and oxygen atoms in total. The minimum Gasteiger partial charge on any atom is -0.481 e. The molecule has 0 bridgehead atoms. The maximum absolute atomic E-state index is 12.3. The van der Waals surface area contributed by atoms with Crippen LogP contribution in [0.4, 0.5) is 0 Å². The number of methoxy groups -OCH3 is 1. The van der Waals surface area contributed by atoms with E-state index in [9.17, 15) is 4.79 Å². The highest BCUT2D eigenvalue weighted by Gasteiger charge is 2.22. The van der Waals surface area contributed by atoms with Crippen LogP contribution in [0.15, 0.2) is 36.5 Å². The number of aromatic nitrogens is 5. The van der Waals surface area contributed by atoms with E-state index in [0.29, 0.717) is 22.8 Å². The lowest BCUT2D eigenvalue weighted by Crippen LogP contribution is -2.08. The number of carbonyl (C=O) groups is 1. The third-order valence-corrected chi connectivity index (χ3v) is 3.44. The lowest BCUT2D eigenvalue weighted by molar-refractivity contribution is 0.0462. The fourth-order valence-corrected chi connectivity index (χ4v) is 2.36. The van der Waals surface area contributed by atoms with Crippen LogP contribution < -0.4 is 4.74 Å². The van der Waals surface area contributed by atoms with Gasteiger partial charge >= 0.3 is 5.97 Å². The Labute approximate surface area is 138 Å². The van der Waals surface area contributed by atoms with E-state index in [0.717, 1.165) is 5.69 Å². The molecule has 3 rings (SSSR count). The van der Waals surface area contributed by atoms with Gasteiger partial charge in [0.25, 0.3) is 0 Å². The smallest absolute Gasteiger partial charge is 0.345 e. The van der Waals surface area contributed by atoms with Crippen molar-refractivity contribution in [2.75, 3.05) is 7.11 Å². The molecule has 0 spiro atoms. The molecule has 1 aromatic carbocycles. The summed E-state index contributed by atoms with van der Waals surface area (Å²) in [4.78, 5) is 13.8. The van der Waals surface area contributed by atoms with Crippen LogP contribution in [0, 0.1) is 6.92 Å². The van der Waals surface area contributed by atoms with E-state index in [1.807, 2.05) is 30.3 Å². The van der Waals surface area contributed by atoms with Gasteiger partial charge in [-0.3, -0.25) is 0 Å². The Hall–Kier alpha value is -3.16. The molecule has 0 saturated carbocycles. The standard InChI is InChI=1S/C16H17N5O3/c1-11-14(15(23-3)20(2)18-11)16(22)24-10-12-9-17-21(19-12)13-7-5-4-6-8-13/h4-9H,10H2,1-3H3. The molecule has 2 heterocycles. The quantitative estimate of drug-likeness (QED) is 0.663. The van der Waals surface area contributed by atoms with Crippen molar-refractivity contribution in [3.05, 3.63) is 53.5 Å². The summed E-state index contributed by atoms with van der Waals surface area (Å²) in [6.45, 7) is 1.74. The van der Waals surface area contributed by atoms with Gasteiger partial charge in [-0.05, 0) is 19.1 Å². The number of aryl methyl sites for hydroxylation is 2. The molecule has 0 atom stereocenters. The van der Waals surface area contributed by atoms with Gasteiger partial charge in [0.1, 0.15) is 17.9 Å². The molecule has 0 aliphatic rings. The van der Waals surface area contributed by atoms with Crippen molar-refractivity contribution in [1.82, 2.24) is 24.8 Å². The monoisotopic (exact) mass is 327 g/mol. The SMILES string of the molecule is COc1c(C(=O)OCc2cnn(-c3ccccc3)n2)c(C)nn1C. The first-order chi connectivity index (χ1) is 11.6. The summed E-state index contributed by atoms with van der Waals surface area (Å²) < 4.78 is 12.0. The van der Waals surface area contributed by atoms with E-state index < -0.39 is 5.97 Å². The van der Waals surface area contributed by atoms with Gasteiger partial charge < -0.3 is 9.47 Å². The topological polar surface area (TPSA) is 84.1 Å². The molecule has 0 saturated heterocycles. The molecule has 0 aliphatic heterocycles. The molecule has 0 fully saturated rings. The number of hydrogen-bond donors (Lipinski definition) is 0. The van der Waals surface area contributed by atoms with Crippen LogP contribution in [0.5, 0.6) is 5.88 Å². The number of para-hydroxylation sites is 1. The number of rotatable bonds is 5. The third kappa shape index (κ3) is 2.98. The van der Waals surface area contributed by atoms with Crippen LogP contribution in [0.1, 0.15) is 21.7 Å². The fourth-order valence-electron chi connectivity index (χ4n) is 2.36. The summed E-state index contributed by atoms with van der Waals surface area (Å²) in [6.07, 6.45) is 1.56. The second-order valence-electron chi connectivity index (χ2n) is 5.13.